The maximum Gasteiger partial charge on any atom is 0.240 e. The van der Waals surface area contributed by atoms with Crippen LogP contribution in [0.5, 0.6) is 5.75 Å². The van der Waals surface area contributed by atoms with Crippen molar-refractivity contribution in [3.05, 3.63) is 53.1 Å². The van der Waals surface area contributed by atoms with E-state index >= 15 is 0 Å². The lowest BCUT2D eigenvalue weighted by atomic mass is 9.99. The molecular weight excluding hydrogens is 384 g/mol. The number of anilines is 1. The number of piperidine rings is 1. The van der Waals surface area contributed by atoms with Gasteiger partial charge in [-0.05, 0) is 54.7 Å². The largest absolute Gasteiger partial charge is 0.495 e. The lowest BCUT2D eigenvalue weighted by molar-refractivity contribution is 0.414. The fraction of sp³-hybridized carbons (Fsp3) is 0.400. The van der Waals surface area contributed by atoms with Gasteiger partial charge < -0.3 is 9.64 Å². The number of rotatable bonds is 6. The van der Waals surface area contributed by atoms with E-state index in [4.69, 9.17) is 16.3 Å². The van der Waals surface area contributed by atoms with E-state index in [0.29, 0.717) is 11.7 Å². The van der Waals surface area contributed by atoms with Gasteiger partial charge in [0.2, 0.25) is 10.0 Å². The van der Waals surface area contributed by atoms with Crippen molar-refractivity contribution in [1.29, 1.82) is 0 Å². The molecule has 3 rings (SSSR count). The highest BCUT2D eigenvalue weighted by molar-refractivity contribution is 7.89. The number of hydrogen-bond donors (Lipinski definition) is 1. The number of benzene rings is 2. The number of hydrogen-bond acceptors (Lipinski definition) is 4. The Morgan fingerprint density at radius 1 is 1.22 bits per heavy atom. The normalized spacial score (nSPS) is 17.7. The summed E-state index contributed by atoms with van der Waals surface area (Å²) in [6.45, 7) is 4.65. The summed E-state index contributed by atoms with van der Waals surface area (Å²) >= 11 is 6.03. The van der Waals surface area contributed by atoms with Gasteiger partial charge in [0.15, 0.2) is 0 Å². The number of halogens is 1. The molecule has 0 bridgehead atoms. The van der Waals surface area contributed by atoms with Gasteiger partial charge in [-0.25, -0.2) is 13.1 Å². The van der Waals surface area contributed by atoms with Crippen molar-refractivity contribution >= 4 is 27.3 Å². The minimum atomic E-state index is -3.64. The second-order valence-corrected chi connectivity index (χ2v) is 9.15. The SMILES string of the molecule is COc1ccc(S(=O)(=O)NCc2ccc(N3CCCC(C)C3)cc2)cc1Cl. The summed E-state index contributed by atoms with van der Waals surface area (Å²) in [7, 11) is -2.16. The Balaban J connectivity index is 1.64. The lowest BCUT2D eigenvalue weighted by Crippen LogP contribution is -2.34. The Bertz CT molecular complexity index is 885. The molecule has 0 saturated carbocycles. The summed E-state index contributed by atoms with van der Waals surface area (Å²) in [6.07, 6.45) is 2.50. The van der Waals surface area contributed by atoms with Gasteiger partial charge >= 0.3 is 0 Å². The number of methoxy groups -OCH3 is 1. The third-order valence-electron chi connectivity index (χ3n) is 4.86. The molecule has 0 amide bonds. The monoisotopic (exact) mass is 408 g/mol. The molecule has 0 aliphatic carbocycles. The second-order valence-electron chi connectivity index (χ2n) is 6.98. The smallest absolute Gasteiger partial charge is 0.240 e. The molecule has 1 unspecified atom stereocenters. The van der Waals surface area contributed by atoms with Gasteiger partial charge in [0.05, 0.1) is 17.0 Å². The molecule has 1 saturated heterocycles. The Hall–Kier alpha value is -1.76. The first-order valence-electron chi connectivity index (χ1n) is 9.06. The van der Waals surface area contributed by atoms with Crippen molar-refractivity contribution in [1.82, 2.24) is 4.72 Å². The van der Waals surface area contributed by atoms with E-state index in [1.807, 2.05) is 12.1 Å². The molecule has 0 radical (unpaired) electrons. The van der Waals surface area contributed by atoms with Crippen LogP contribution in [0.2, 0.25) is 5.02 Å². The summed E-state index contributed by atoms with van der Waals surface area (Å²) < 4.78 is 32.7. The summed E-state index contributed by atoms with van der Waals surface area (Å²) in [5, 5.41) is 0.264. The lowest BCUT2D eigenvalue weighted by Gasteiger charge is -2.32. The molecule has 1 heterocycles. The van der Waals surface area contributed by atoms with E-state index in [1.54, 1.807) is 6.07 Å². The highest BCUT2D eigenvalue weighted by atomic mass is 35.5. The predicted octanol–water partition coefficient (Wildman–Crippen LogP) is 4.06. The number of ether oxygens (including phenoxy) is 1. The number of nitrogens with zero attached hydrogens (tertiary/aromatic N) is 1. The van der Waals surface area contributed by atoms with Crippen molar-refractivity contribution in [2.45, 2.75) is 31.2 Å². The van der Waals surface area contributed by atoms with Gasteiger partial charge in [0.25, 0.3) is 0 Å². The highest BCUT2D eigenvalue weighted by Gasteiger charge is 2.18. The third-order valence-corrected chi connectivity index (χ3v) is 6.55. The van der Waals surface area contributed by atoms with E-state index in [0.717, 1.165) is 18.7 Å². The van der Waals surface area contributed by atoms with Crippen LogP contribution in [0.3, 0.4) is 0 Å². The van der Waals surface area contributed by atoms with E-state index in [1.165, 1.54) is 37.8 Å². The van der Waals surface area contributed by atoms with Crippen LogP contribution in [0.4, 0.5) is 5.69 Å². The summed E-state index contributed by atoms with van der Waals surface area (Å²) in [5.41, 5.74) is 2.10. The van der Waals surface area contributed by atoms with E-state index in [-0.39, 0.29) is 16.5 Å². The minimum absolute atomic E-state index is 0.118. The van der Waals surface area contributed by atoms with Crippen LogP contribution >= 0.6 is 11.6 Å². The van der Waals surface area contributed by atoms with E-state index in [9.17, 15) is 8.42 Å². The quantitative estimate of drug-likeness (QED) is 0.782. The maximum atomic E-state index is 12.5. The molecule has 2 aromatic carbocycles. The molecule has 27 heavy (non-hydrogen) atoms. The number of nitrogens with one attached hydrogen (secondary N) is 1. The van der Waals surface area contributed by atoms with Crippen molar-refractivity contribution < 1.29 is 13.2 Å². The zero-order valence-electron chi connectivity index (χ0n) is 15.6. The molecule has 2 aromatic rings. The Morgan fingerprint density at radius 2 is 1.96 bits per heavy atom. The molecule has 7 heteroatoms. The molecule has 1 N–H and O–H groups in total. The van der Waals surface area contributed by atoms with Crippen LogP contribution in [0.25, 0.3) is 0 Å². The molecule has 1 aliphatic rings. The van der Waals surface area contributed by atoms with Crippen molar-refractivity contribution in [3.8, 4) is 5.75 Å². The standard InChI is InChI=1S/C20H25ClN2O3S/c1-15-4-3-11-23(14-15)17-7-5-16(6-8-17)13-22-27(24,25)18-9-10-20(26-2)19(21)12-18/h5-10,12,15,22H,3-4,11,13-14H2,1-2H3. The average Bonchev–Trinajstić information content (AvgIpc) is 2.67. The van der Waals surface area contributed by atoms with Gasteiger partial charge in [-0.15, -0.1) is 0 Å². The molecule has 0 spiro atoms. The van der Waals surface area contributed by atoms with Gasteiger partial charge in [-0.1, -0.05) is 30.7 Å². The maximum absolute atomic E-state index is 12.5. The second kappa shape index (κ2) is 8.50. The zero-order chi connectivity index (χ0) is 19.4. The minimum Gasteiger partial charge on any atom is -0.495 e. The molecule has 1 aliphatic heterocycles. The first-order valence-corrected chi connectivity index (χ1v) is 10.9. The molecule has 0 aromatic heterocycles. The van der Waals surface area contributed by atoms with Gasteiger partial charge in [0, 0.05) is 25.3 Å². The van der Waals surface area contributed by atoms with Crippen LogP contribution in [-0.2, 0) is 16.6 Å². The fourth-order valence-electron chi connectivity index (χ4n) is 3.32. The highest BCUT2D eigenvalue weighted by Crippen LogP contribution is 2.27. The first-order chi connectivity index (χ1) is 12.9. The van der Waals surface area contributed by atoms with Crippen molar-refractivity contribution in [2.75, 3.05) is 25.1 Å². The topological polar surface area (TPSA) is 58.6 Å². The van der Waals surface area contributed by atoms with Gasteiger partial charge in [-0.3, -0.25) is 0 Å². The number of sulfonamides is 1. The molecule has 1 fully saturated rings. The van der Waals surface area contributed by atoms with Gasteiger partial charge in [0.1, 0.15) is 5.75 Å². The summed E-state index contributed by atoms with van der Waals surface area (Å²) in [5.74, 6) is 1.15. The molecule has 5 nitrogen and oxygen atoms in total. The van der Waals surface area contributed by atoms with Crippen LogP contribution in [0.15, 0.2) is 47.4 Å². The van der Waals surface area contributed by atoms with Crippen LogP contribution in [0, 0.1) is 5.92 Å². The van der Waals surface area contributed by atoms with Crippen molar-refractivity contribution in [3.63, 3.8) is 0 Å². The average molecular weight is 409 g/mol. The van der Waals surface area contributed by atoms with Crippen molar-refractivity contribution in [2.24, 2.45) is 5.92 Å². The summed E-state index contributed by atoms with van der Waals surface area (Å²) in [6, 6.07) is 12.5. The Labute approximate surface area is 166 Å². The molecule has 1 atom stereocenters. The van der Waals surface area contributed by atoms with E-state index in [2.05, 4.69) is 28.7 Å². The Kier molecular flexibility index (Phi) is 6.29. The van der Waals surface area contributed by atoms with Crippen LogP contribution in [0.1, 0.15) is 25.3 Å². The Morgan fingerprint density at radius 3 is 2.59 bits per heavy atom. The predicted molar refractivity (Wildman–Crippen MR) is 109 cm³/mol. The molecular formula is C20H25ClN2O3S. The van der Waals surface area contributed by atoms with E-state index < -0.39 is 10.0 Å². The third kappa shape index (κ3) is 4.94. The summed E-state index contributed by atoms with van der Waals surface area (Å²) in [4.78, 5) is 2.51. The van der Waals surface area contributed by atoms with Crippen LogP contribution in [-0.4, -0.2) is 28.6 Å². The fourth-order valence-corrected chi connectivity index (χ4v) is 4.69. The van der Waals surface area contributed by atoms with Gasteiger partial charge in [-0.2, -0.15) is 0 Å². The molecule has 146 valence electrons. The first kappa shape index (κ1) is 20.0. The zero-order valence-corrected chi connectivity index (χ0v) is 17.2. The van der Waals surface area contributed by atoms with Crippen LogP contribution < -0.4 is 14.4 Å².